The number of hydrogen-bond donors (Lipinski definition) is 2. The molecule has 170 valence electrons. The van der Waals surface area contributed by atoms with Crippen LogP contribution in [0.2, 0.25) is 5.02 Å². The number of carbonyl (C=O) groups is 2. The molecule has 4 rings (SSSR count). The monoisotopic (exact) mass is 478 g/mol. The molecule has 2 aliphatic rings. The van der Waals surface area contributed by atoms with E-state index in [-0.39, 0.29) is 11.9 Å². The van der Waals surface area contributed by atoms with E-state index < -0.39 is 11.9 Å². The van der Waals surface area contributed by atoms with Crippen molar-refractivity contribution in [3.63, 3.8) is 0 Å². The number of halogens is 2. The topological polar surface area (TPSA) is 81.1 Å². The van der Waals surface area contributed by atoms with Crippen LogP contribution in [0, 0.1) is 5.82 Å². The zero-order valence-electron chi connectivity index (χ0n) is 17.5. The minimum Gasteiger partial charge on any atom is -0.478 e. The summed E-state index contributed by atoms with van der Waals surface area (Å²) in [5.41, 5.74) is 2.32. The van der Waals surface area contributed by atoms with Crippen LogP contribution in [0.15, 0.2) is 58.3 Å². The second-order valence-corrected chi connectivity index (χ2v) is 9.07. The molecule has 0 bridgehead atoms. The first-order chi connectivity index (χ1) is 15.2. The zero-order valence-corrected chi connectivity index (χ0v) is 19.1. The number of fused-ring (bicyclic) bond motifs is 2. The fraction of sp³-hybridized carbons (Fsp3) is 0.304. The summed E-state index contributed by atoms with van der Waals surface area (Å²) in [4.78, 5) is 25.8. The van der Waals surface area contributed by atoms with Crippen LogP contribution < -0.4 is 0 Å². The molecule has 0 spiro atoms. The molecular weight excluding hydrogens is 455 g/mol. The van der Waals surface area contributed by atoms with Crippen LogP contribution in [0.1, 0.15) is 17.2 Å². The van der Waals surface area contributed by atoms with Crippen LogP contribution in [0.4, 0.5) is 4.39 Å². The molecule has 2 N–H and O–H groups in total. The Morgan fingerprint density at radius 2 is 1.75 bits per heavy atom. The van der Waals surface area contributed by atoms with Gasteiger partial charge in [-0.05, 0) is 48.9 Å². The number of benzene rings is 2. The summed E-state index contributed by atoms with van der Waals surface area (Å²) < 4.78 is 14.6. The van der Waals surface area contributed by atoms with E-state index in [4.69, 9.17) is 21.8 Å². The highest BCUT2D eigenvalue weighted by atomic mass is 35.5. The molecule has 2 heterocycles. The van der Waals surface area contributed by atoms with Crippen molar-refractivity contribution in [2.24, 2.45) is 0 Å². The lowest BCUT2D eigenvalue weighted by Crippen LogP contribution is -2.46. The minimum atomic E-state index is -1.26. The van der Waals surface area contributed by atoms with Crippen molar-refractivity contribution >= 4 is 35.3 Å². The maximum absolute atomic E-state index is 14.6. The molecule has 1 saturated heterocycles. The van der Waals surface area contributed by atoms with E-state index >= 15 is 0 Å². The van der Waals surface area contributed by atoms with Crippen molar-refractivity contribution in [3.05, 3.63) is 70.5 Å². The molecular formula is C23H24ClFN2O4S. The van der Waals surface area contributed by atoms with Crippen LogP contribution in [-0.2, 0) is 16.0 Å². The summed E-state index contributed by atoms with van der Waals surface area (Å²) in [5, 5.41) is 16.4. The van der Waals surface area contributed by atoms with Gasteiger partial charge in [0.2, 0.25) is 0 Å². The van der Waals surface area contributed by atoms with Gasteiger partial charge in [0.1, 0.15) is 5.82 Å². The van der Waals surface area contributed by atoms with Gasteiger partial charge in [0.15, 0.2) is 0 Å². The molecule has 2 aromatic carbocycles. The third-order valence-corrected chi connectivity index (χ3v) is 6.84. The van der Waals surface area contributed by atoms with Crippen LogP contribution in [0.5, 0.6) is 0 Å². The summed E-state index contributed by atoms with van der Waals surface area (Å²) in [7, 11) is 2.16. The lowest BCUT2D eigenvalue weighted by Gasteiger charge is -2.38. The third-order valence-electron chi connectivity index (χ3n) is 5.35. The summed E-state index contributed by atoms with van der Waals surface area (Å²) in [6.07, 6.45) is 1.99. The number of aliphatic carboxylic acids is 2. The van der Waals surface area contributed by atoms with Crippen LogP contribution >= 0.6 is 23.4 Å². The SMILES string of the molecule is CN1CCN(C2Cc3cc(Cl)ccc3Sc3c(F)cccc32)CC1.O=C(O)/C=C\C(=O)O. The van der Waals surface area contributed by atoms with Gasteiger partial charge in [-0.25, -0.2) is 14.0 Å². The Labute approximate surface area is 195 Å². The molecule has 2 aromatic rings. The molecule has 0 amide bonds. The van der Waals surface area contributed by atoms with Gasteiger partial charge in [-0.15, -0.1) is 0 Å². The molecule has 9 heteroatoms. The Bertz CT molecular complexity index is 1010. The highest BCUT2D eigenvalue weighted by Crippen LogP contribution is 2.44. The Balaban J connectivity index is 0.000000312. The van der Waals surface area contributed by atoms with Crippen molar-refractivity contribution in [1.82, 2.24) is 9.80 Å². The molecule has 1 atom stereocenters. The van der Waals surface area contributed by atoms with Crippen molar-refractivity contribution < 1.29 is 24.2 Å². The van der Waals surface area contributed by atoms with E-state index in [0.29, 0.717) is 12.2 Å². The number of carboxylic acids is 2. The normalized spacial score (nSPS) is 18.8. The maximum atomic E-state index is 14.6. The first-order valence-corrected chi connectivity index (χ1v) is 11.2. The molecule has 0 radical (unpaired) electrons. The molecule has 0 aromatic heterocycles. The Kier molecular flexibility index (Phi) is 8.31. The van der Waals surface area contributed by atoms with E-state index in [9.17, 15) is 14.0 Å². The van der Waals surface area contributed by atoms with E-state index in [1.165, 1.54) is 17.3 Å². The van der Waals surface area contributed by atoms with E-state index in [2.05, 4.69) is 22.9 Å². The van der Waals surface area contributed by atoms with Crippen molar-refractivity contribution in [1.29, 1.82) is 0 Å². The third kappa shape index (κ3) is 6.32. The number of nitrogens with zero attached hydrogens (tertiary/aromatic N) is 2. The average molecular weight is 479 g/mol. The second-order valence-electron chi connectivity index (χ2n) is 7.58. The maximum Gasteiger partial charge on any atom is 0.328 e. The highest BCUT2D eigenvalue weighted by Gasteiger charge is 2.30. The minimum absolute atomic E-state index is 0.126. The molecule has 32 heavy (non-hydrogen) atoms. The van der Waals surface area contributed by atoms with Crippen LogP contribution in [0.3, 0.4) is 0 Å². The van der Waals surface area contributed by atoms with Crippen LogP contribution in [0.25, 0.3) is 0 Å². The van der Waals surface area contributed by atoms with Gasteiger partial charge in [0, 0.05) is 54.3 Å². The number of hydrogen-bond acceptors (Lipinski definition) is 5. The van der Waals surface area contributed by atoms with Gasteiger partial charge >= 0.3 is 11.9 Å². The summed E-state index contributed by atoms with van der Waals surface area (Å²) in [6, 6.07) is 11.6. The molecule has 2 aliphatic heterocycles. The number of carboxylic acid groups (broad SMARTS) is 2. The lowest BCUT2D eigenvalue weighted by molar-refractivity contribution is -0.134. The van der Waals surface area contributed by atoms with Crippen molar-refractivity contribution in [2.75, 3.05) is 33.2 Å². The van der Waals surface area contributed by atoms with Crippen molar-refractivity contribution in [2.45, 2.75) is 22.3 Å². The van der Waals surface area contributed by atoms with Gasteiger partial charge in [-0.1, -0.05) is 35.5 Å². The summed E-state index contributed by atoms with van der Waals surface area (Å²) in [6.45, 7) is 4.13. The Morgan fingerprint density at radius 1 is 1.09 bits per heavy atom. The Morgan fingerprint density at radius 3 is 2.38 bits per heavy atom. The predicted octanol–water partition coefficient (Wildman–Crippen LogP) is 4.19. The first kappa shape index (κ1) is 24.3. The molecule has 0 saturated carbocycles. The van der Waals surface area contributed by atoms with Gasteiger partial charge < -0.3 is 15.1 Å². The van der Waals surface area contributed by atoms with Crippen molar-refractivity contribution in [3.8, 4) is 0 Å². The van der Waals surface area contributed by atoms with E-state index in [1.54, 1.807) is 6.07 Å². The zero-order chi connectivity index (χ0) is 23.3. The summed E-state index contributed by atoms with van der Waals surface area (Å²) in [5.74, 6) is -2.64. The van der Waals surface area contributed by atoms with Gasteiger partial charge in [0.05, 0.1) is 4.90 Å². The number of rotatable bonds is 3. The lowest BCUT2D eigenvalue weighted by atomic mass is 9.96. The number of piperazine rings is 1. The second kappa shape index (κ2) is 11.0. The predicted molar refractivity (Wildman–Crippen MR) is 122 cm³/mol. The standard InChI is InChI=1S/C19H20ClFN2S.C4H4O4/c1-22-7-9-23(10-8-22)17-12-13-11-14(20)5-6-18(13)24-19-15(17)3-2-4-16(19)21;5-3(6)1-2-4(7)8/h2-6,11,17H,7-10,12H2,1H3;1-2H,(H,5,6)(H,7,8)/b;2-1-. The Hall–Kier alpha value is -2.39. The first-order valence-electron chi connectivity index (χ1n) is 10.1. The van der Waals surface area contributed by atoms with E-state index in [1.807, 2.05) is 24.3 Å². The van der Waals surface area contributed by atoms with Gasteiger partial charge in [-0.2, -0.15) is 0 Å². The number of likely N-dealkylation sites (N-methyl/N-ethyl adjacent to an activating group) is 1. The highest BCUT2D eigenvalue weighted by molar-refractivity contribution is 7.99. The molecule has 6 nitrogen and oxygen atoms in total. The molecule has 1 unspecified atom stereocenters. The fourth-order valence-corrected chi connectivity index (χ4v) is 5.04. The summed E-state index contributed by atoms with van der Waals surface area (Å²) >= 11 is 7.76. The molecule has 0 aliphatic carbocycles. The fourth-order valence-electron chi connectivity index (χ4n) is 3.73. The molecule has 1 fully saturated rings. The van der Waals surface area contributed by atoms with Crippen LogP contribution in [-0.4, -0.2) is 65.2 Å². The van der Waals surface area contributed by atoms with Gasteiger partial charge in [0.25, 0.3) is 0 Å². The average Bonchev–Trinajstić information content (AvgIpc) is 2.91. The van der Waals surface area contributed by atoms with Gasteiger partial charge in [-0.3, -0.25) is 4.90 Å². The largest absolute Gasteiger partial charge is 0.478 e. The smallest absolute Gasteiger partial charge is 0.328 e. The van der Waals surface area contributed by atoms with E-state index in [0.717, 1.165) is 53.0 Å². The quantitative estimate of drug-likeness (QED) is 0.640.